The zero-order chi connectivity index (χ0) is 11.4. The molecule has 1 aromatic carbocycles. The molecule has 0 spiro atoms. The van der Waals surface area contributed by atoms with Gasteiger partial charge in [-0.2, -0.15) is 4.39 Å². The quantitative estimate of drug-likeness (QED) is 0.606. The minimum absolute atomic E-state index is 0.101. The van der Waals surface area contributed by atoms with Crippen molar-refractivity contribution in [2.45, 2.75) is 6.04 Å². The Morgan fingerprint density at radius 2 is 2.33 bits per heavy atom. The Hall–Kier alpha value is -1.53. The summed E-state index contributed by atoms with van der Waals surface area (Å²) < 4.78 is 17.9. The zero-order valence-corrected chi connectivity index (χ0v) is 8.14. The first-order valence-corrected chi connectivity index (χ1v) is 4.25. The van der Waals surface area contributed by atoms with Gasteiger partial charge in [0.15, 0.2) is 0 Å². The molecule has 82 valence electrons. The molecule has 0 amide bonds. The Morgan fingerprint density at radius 1 is 1.67 bits per heavy atom. The summed E-state index contributed by atoms with van der Waals surface area (Å²) in [5, 5.41) is 10.6. The van der Waals surface area contributed by atoms with Gasteiger partial charge in [0.05, 0.1) is 23.1 Å². The van der Waals surface area contributed by atoms with Crippen LogP contribution >= 0.6 is 0 Å². The molecule has 1 rings (SSSR count). The second-order valence-corrected chi connectivity index (χ2v) is 3.00. The Balaban J connectivity index is 3.16. The molecule has 1 unspecified atom stereocenters. The number of para-hydroxylation sites is 1. The van der Waals surface area contributed by atoms with Gasteiger partial charge in [-0.25, -0.2) is 0 Å². The van der Waals surface area contributed by atoms with Crippen LogP contribution in [0.4, 0.5) is 10.1 Å². The Labute approximate surface area is 85.8 Å². The van der Waals surface area contributed by atoms with Gasteiger partial charge in [-0.1, -0.05) is 12.1 Å². The van der Waals surface area contributed by atoms with Crippen LogP contribution in [-0.4, -0.2) is 18.6 Å². The van der Waals surface area contributed by atoms with E-state index < -0.39 is 22.5 Å². The monoisotopic (exact) mass is 214 g/mol. The molecule has 0 aliphatic carbocycles. The van der Waals surface area contributed by atoms with E-state index in [-0.39, 0.29) is 12.2 Å². The molecular weight excluding hydrogens is 203 g/mol. The molecule has 1 atom stereocenters. The van der Waals surface area contributed by atoms with E-state index in [1.54, 1.807) is 0 Å². The molecule has 0 aromatic heterocycles. The second kappa shape index (κ2) is 4.81. The van der Waals surface area contributed by atoms with Crippen LogP contribution in [-0.2, 0) is 4.74 Å². The smallest absolute Gasteiger partial charge is 0.309 e. The molecule has 0 heterocycles. The lowest BCUT2D eigenvalue weighted by molar-refractivity contribution is -0.388. The van der Waals surface area contributed by atoms with E-state index in [4.69, 9.17) is 10.5 Å². The third kappa shape index (κ3) is 2.48. The fourth-order valence-electron chi connectivity index (χ4n) is 1.29. The lowest BCUT2D eigenvalue weighted by atomic mass is 10.1. The van der Waals surface area contributed by atoms with Crippen LogP contribution in [0.5, 0.6) is 0 Å². The van der Waals surface area contributed by atoms with E-state index in [0.29, 0.717) is 0 Å². The SMILES string of the molecule is COCC(N)c1cccc(F)c1[N+](=O)[O-]. The summed E-state index contributed by atoms with van der Waals surface area (Å²) in [6.45, 7) is 0.101. The number of methoxy groups -OCH3 is 1. The number of halogens is 1. The van der Waals surface area contributed by atoms with Crippen LogP contribution in [0.15, 0.2) is 18.2 Å². The fourth-order valence-corrected chi connectivity index (χ4v) is 1.29. The Bertz CT molecular complexity index is 370. The van der Waals surface area contributed by atoms with Crippen LogP contribution in [0, 0.1) is 15.9 Å². The zero-order valence-electron chi connectivity index (χ0n) is 8.14. The van der Waals surface area contributed by atoms with Crippen molar-refractivity contribution in [1.29, 1.82) is 0 Å². The third-order valence-corrected chi connectivity index (χ3v) is 1.95. The molecule has 0 saturated heterocycles. The maximum atomic E-state index is 13.2. The van der Waals surface area contributed by atoms with Crippen LogP contribution in [0.3, 0.4) is 0 Å². The summed E-state index contributed by atoms with van der Waals surface area (Å²) in [5.74, 6) is -0.885. The normalized spacial score (nSPS) is 12.5. The topological polar surface area (TPSA) is 78.4 Å². The van der Waals surface area contributed by atoms with Crippen molar-refractivity contribution in [3.63, 3.8) is 0 Å². The first-order valence-electron chi connectivity index (χ1n) is 4.25. The van der Waals surface area contributed by atoms with Gasteiger partial charge >= 0.3 is 5.69 Å². The van der Waals surface area contributed by atoms with Crippen molar-refractivity contribution >= 4 is 5.69 Å². The first kappa shape index (κ1) is 11.5. The fraction of sp³-hybridized carbons (Fsp3) is 0.333. The molecule has 5 nitrogen and oxygen atoms in total. The maximum Gasteiger partial charge on any atom is 0.309 e. The number of nitro benzene ring substituents is 1. The number of hydrogen-bond acceptors (Lipinski definition) is 4. The van der Waals surface area contributed by atoms with Crippen LogP contribution in [0.25, 0.3) is 0 Å². The predicted molar refractivity (Wildman–Crippen MR) is 51.9 cm³/mol. The molecule has 0 radical (unpaired) electrons. The number of nitro groups is 1. The molecule has 0 aliphatic heterocycles. The molecular formula is C9H11FN2O3. The number of ether oxygens (including phenoxy) is 1. The molecule has 0 saturated carbocycles. The summed E-state index contributed by atoms with van der Waals surface area (Å²) in [4.78, 5) is 9.84. The molecule has 0 fully saturated rings. The first-order chi connectivity index (χ1) is 7.07. The van der Waals surface area contributed by atoms with E-state index in [2.05, 4.69) is 0 Å². The van der Waals surface area contributed by atoms with Crippen molar-refractivity contribution in [3.05, 3.63) is 39.7 Å². The van der Waals surface area contributed by atoms with E-state index in [1.165, 1.54) is 19.2 Å². The summed E-state index contributed by atoms with van der Waals surface area (Å²) in [7, 11) is 1.42. The molecule has 1 aromatic rings. The summed E-state index contributed by atoms with van der Waals surface area (Å²) >= 11 is 0. The number of nitrogens with zero attached hydrogens (tertiary/aromatic N) is 1. The highest BCUT2D eigenvalue weighted by molar-refractivity contribution is 5.43. The van der Waals surface area contributed by atoms with Gasteiger partial charge in [-0.05, 0) is 6.07 Å². The summed E-state index contributed by atoms with van der Waals surface area (Å²) in [6, 6.07) is 3.13. The lowest BCUT2D eigenvalue weighted by Crippen LogP contribution is -2.18. The van der Waals surface area contributed by atoms with E-state index in [9.17, 15) is 14.5 Å². The van der Waals surface area contributed by atoms with Crippen molar-refractivity contribution in [2.24, 2.45) is 5.73 Å². The minimum atomic E-state index is -0.885. The van der Waals surface area contributed by atoms with Crippen molar-refractivity contribution < 1.29 is 14.1 Å². The largest absolute Gasteiger partial charge is 0.383 e. The van der Waals surface area contributed by atoms with Gasteiger partial charge in [-0.3, -0.25) is 10.1 Å². The summed E-state index contributed by atoms with van der Waals surface area (Å²) in [6.07, 6.45) is 0. The molecule has 2 N–H and O–H groups in total. The predicted octanol–water partition coefficient (Wildman–Crippen LogP) is 1.38. The van der Waals surface area contributed by atoms with Gasteiger partial charge in [0.25, 0.3) is 0 Å². The van der Waals surface area contributed by atoms with Gasteiger partial charge in [0.1, 0.15) is 0 Å². The highest BCUT2D eigenvalue weighted by Crippen LogP contribution is 2.26. The van der Waals surface area contributed by atoms with Crippen LogP contribution in [0.1, 0.15) is 11.6 Å². The van der Waals surface area contributed by atoms with Crippen LogP contribution < -0.4 is 5.73 Å². The number of rotatable bonds is 4. The van der Waals surface area contributed by atoms with Crippen molar-refractivity contribution in [3.8, 4) is 0 Å². The lowest BCUT2D eigenvalue weighted by Gasteiger charge is -2.10. The van der Waals surface area contributed by atoms with Gasteiger partial charge in [-0.15, -0.1) is 0 Å². The maximum absolute atomic E-state index is 13.2. The van der Waals surface area contributed by atoms with Crippen LogP contribution in [0.2, 0.25) is 0 Å². The van der Waals surface area contributed by atoms with E-state index in [0.717, 1.165) is 6.07 Å². The highest BCUT2D eigenvalue weighted by atomic mass is 19.1. The molecule has 0 bridgehead atoms. The van der Waals surface area contributed by atoms with Gasteiger partial charge in [0, 0.05) is 7.11 Å². The van der Waals surface area contributed by atoms with Crippen molar-refractivity contribution in [2.75, 3.05) is 13.7 Å². The standard InChI is InChI=1S/C9H11FN2O3/c1-15-5-8(11)6-3-2-4-7(10)9(6)12(13)14/h2-4,8H,5,11H2,1H3. The average molecular weight is 214 g/mol. The highest BCUT2D eigenvalue weighted by Gasteiger charge is 2.23. The second-order valence-electron chi connectivity index (χ2n) is 3.00. The molecule has 15 heavy (non-hydrogen) atoms. The van der Waals surface area contributed by atoms with Crippen molar-refractivity contribution in [1.82, 2.24) is 0 Å². The third-order valence-electron chi connectivity index (χ3n) is 1.95. The average Bonchev–Trinajstić information content (AvgIpc) is 2.17. The number of benzene rings is 1. The Morgan fingerprint density at radius 3 is 2.87 bits per heavy atom. The van der Waals surface area contributed by atoms with E-state index in [1.807, 2.05) is 0 Å². The minimum Gasteiger partial charge on any atom is -0.383 e. The molecule has 0 aliphatic rings. The number of nitrogens with two attached hydrogens (primary N) is 1. The summed E-state index contributed by atoms with van der Waals surface area (Å²) in [5.41, 5.74) is 5.18. The Kier molecular flexibility index (Phi) is 3.70. The number of hydrogen-bond donors (Lipinski definition) is 1. The van der Waals surface area contributed by atoms with Gasteiger partial charge in [0.2, 0.25) is 5.82 Å². The molecule has 6 heteroatoms. The van der Waals surface area contributed by atoms with Gasteiger partial charge < -0.3 is 10.5 Å². The van der Waals surface area contributed by atoms with E-state index >= 15 is 0 Å².